The Morgan fingerprint density at radius 1 is 1.03 bits per heavy atom. The van der Waals surface area contributed by atoms with Crippen LogP contribution in [0.3, 0.4) is 0 Å². The van der Waals surface area contributed by atoms with Gasteiger partial charge in [0.2, 0.25) is 0 Å². The van der Waals surface area contributed by atoms with Crippen molar-refractivity contribution in [3.05, 3.63) is 59.7 Å². The smallest absolute Gasteiger partial charge is 0.414 e. The molecule has 5 nitrogen and oxygen atoms in total. The number of aliphatic hydroxyl groups excluding tert-OH is 1. The van der Waals surface area contributed by atoms with Crippen LogP contribution in [0.25, 0.3) is 12.2 Å². The van der Waals surface area contributed by atoms with E-state index in [2.05, 4.69) is 0 Å². The summed E-state index contributed by atoms with van der Waals surface area (Å²) in [4.78, 5) is 13.6. The van der Waals surface area contributed by atoms with Gasteiger partial charge in [0.25, 0.3) is 0 Å². The minimum atomic E-state index is -0.522. The largest absolute Gasteiger partial charge is 0.493 e. The summed E-state index contributed by atoms with van der Waals surface area (Å²) < 4.78 is 11.0. The summed E-state index contributed by atoms with van der Waals surface area (Å²) in [6.45, 7) is 7.79. The molecule has 1 unspecified atom stereocenters. The second kappa shape index (κ2) is 10.1. The van der Waals surface area contributed by atoms with Crippen molar-refractivity contribution in [2.45, 2.75) is 45.8 Å². The Hall–Kier alpha value is -2.79. The molecule has 0 aliphatic rings. The molecule has 0 aliphatic heterocycles. The van der Waals surface area contributed by atoms with Gasteiger partial charge in [-0.05, 0) is 63.1 Å². The first kappa shape index (κ1) is 22.5. The first-order valence-electron chi connectivity index (χ1n) is 9.80. The Morgan fingerprint density at radius 3 is 2.03 bits per heavy atom. The Labute approximate surface area is 173 Å². The number of benzene rings is 2. The number of rotatable bonds is 7. The highest BCUT2D eigenvalue weighted by Crippen LogP contribution is 2.19. The van der Waals surface area contributed by atoms with Gasteiger partial charge in [0.15, 0.2) is 0 Å². The lowest BCUT2D eigenvalue weighted by atomic mass is 10.1. The molecule has 0 saturated carbocycles. The molecular weight excluding hydrogens is 366 g/mol. The first-order chi connectivity index (χ1) is 13.6. The molecule has 0 saturated heterocycles. The van der Waals surface area contributed by atoms with Crippen molar-refractivity contribution in [3.63, 3.8) is 0 Å². The molecule has 0 bridgehead atoms. The SMILES string of the molecule is CC(O)CCOc1ccc(C=Cc2ccc(N(C)C(=O)OC(C)(C)C)cc2)cc1. The van der Waals surface area contributed by atoms with E-state index in [9.17, 15) is 9.90 Å². The zero-order valence-corrected chi connectivity index (χ0v) is 17.9. The van der Waals surface area contributed by atoms with Crippen LogP contribution in [0.4, 0.5) is 10.5 Å². The maximum Gasteiger partial charge on any atom is 0.414 e. The van der Waals surface area contributed by atoms with Gasteiger partial charge in [0.1, 0.15) is 11.4 Å². The number of anilines is 1. The van der Waals surface area contributed by atoms with E-state index in [4.69, 9.17) is 9.47 Å². The molecule has 1 N–H and O–H groups in total. The normalized spacial score (nSPS) is 12.6. The average Bonchev–Trinajstić information content (AvgIpc) is 2.65. The van der Waals surface area contributed by atoms with Gasteiger partial charge in [-0.15, -0.1) is 0 Å². The van der Waals surface area contributed by atoms with Gasteiger partial charge < -0.3 is 14.6 Å². The van der Waals surface area contributed by atoms with Crippen molar-refractivity contribution in [2.24, 2.45) is 0 Å². The Bertz CT molecular complexity index is 802. The molecule has 1 atom stereocenters. The lowest BCUT2D eigenvalue weighted by Crippen LogP contribution is -2.34. The van der Waals surface area contributed by atoms with Crippen LogP contribution in [0, 0.1) is 0 Å². The van der Waals surface area contributed by atoms with E-state index in [1.807, 2.05) is 81.5 Å². The summed E-state index contributed by atoms with van der Waals surface area (Å²) in [7, 11) is 1.70. The molecule has 0 radical (unpaired) electrons. The van der Waals surface area contributed by atoms with Crippen LogP contribution in [0.5, 0.6) is 5.75 Å². The number of carbonyl (C=O) groups is 1. The summed E-state index contributed by atoms with van der Waals surface area (Å²) in [5.41, 5.74) is 2.34. The van der Waals surface area contributed by atoms with Crippen molar-refractivity contribution < 1.29 is 19.4 Å². The third kappa shape index (κ3) is 8.00. The number of carbonyl (C=O) groups excluding carboxylic acids is 1. The Balaban J connectivity index is 1.93. The molecule has 5 heteroatoms. The van der Waals surface area contributed by atoms with Crippen LogP contribution < -0.4 is 9.64 Å². The van der Waals surface area contributed by atoms with Crippen molar-refractivity contribution in [2.75, 3.05) is 18.6 Å². The Morgan fingerprint density at radius 2 is 1.55 bits per heavy atom. The second-order valence-electron chi connectivity index (χ2n) is 8.02. The summed E-state index contributed by atoms with van der Waals surface area (Å²) in [6, 6.07) is 15.5. The zero-order valence-electron chi connectivity index (χ0n) is 17.9. The van der Waals surface area contributed by atoms with Gasteiger partial charge in [0.05, 0.1) is 12.7 Å². The van der Waals surface area contributed by atoms with E-state index in [0.717, 1.165) is 22.6 Å². The van der Waals surface area contributed by atoms with E-state index < -0.39 is 5.60 Å². The van der Waals surface area contributed by atoms with E-state index in [1.165, 1.54) is 4.90 Å². The molecule has 1 amide bonds. The zero-order chi connectivity index (χ0) is 21.4. The summed E-state index contributed by atoms with van der Waals surface area (Å²) >= 11 is 0. The van der Waals surface area contributed by atoms with E-state index in [1.54, 1.807) is 14.0 Å². The molecule has 2 aromatic carbocycles. The quantitative estimate of drug-likeness (QED) is 0.638. The number of hydrogen-bond donors (Lipinski definition) is 1. The topological polar surface area (TPSA) is 59.0 Å². The van der Waals surface area contributed by atoms with Crippen LogP contribution in [-0.2, 0) is 4.74 Å². The van der Waals surface area contributed by atoms with Crippen LogP contribution in [0.2, 0.25) is 0 Å². The third-order valence-electron chi connectivity index (χ3n) is 4.10. The minimum absolute atomic E-state index is 0.354. The highest BCUT2D eigenvalue weighted by Gasteiger charge is 2.20. The van der Waals surface area contributed by atoms with Crippen LogP contribution in [-0.4, -0.2) is 36.6 Å². The maximum atomic E-state index is 12.1. The molecule has 0 heterocycles. The summed E-state index contributed by atoms with van der Waals surface area (Å²) in [6.07, 6.45) is 3.91. The fraction of sp³-hybridized carbons (Fsp3) is 0.375. The first-order valence-corrected chi connectivity index (χ1v) is 9.80. The van der Waals surface area contributed by atoms with Crippen molar-refractivity contribution in [3.8, 4) is 5.75 Å². The minimum Gasteiger partial charge on any atom is -0.493 e. The van der Waals surface area contributed by atoms with Gasteiger partial charge in [-0.2, -0.15) is 0 Å². The summed E-state index contributed by atoms with van der Waals surface area (Å²) in [5.74, 6) is 0.789. The standard InChI is InChI=1S/C24H31NO4/c1-18(26)16-17-28-22-14-10-20(11-15-22)7-6-19-8-12-21(13-9-19)25(5)23(27)29-24(2,3)4/h6-15,18,26H,16-17H2,1-5H3. The molecule has 29 heavy (non-hydrogen) atoms. The molecular formula is C24H31NO4. The molecule has 156 valence electrons. The number of nitrogens with zero attached hydrogens (tertiary/aromatic N) is 1. The third-order valence-corrected chi connectivity index (χ3v) is 4.10. The van der Waals surface area contributed by atoms with Crippen LogP contribution >= 0.6 is 0 Å². The average molecular weight is 398 g/mol. The molecule has 0 aromatic heterocycles. The maximum absolute atomic E-state index is 12.1. The van der Waals surface area contributed by atoms with Crippen molar-refractivity contribution in [1.29, 1.82) is 0 Å². The van der Waals surface area contributed by atoms with Crippen molar-refractivity contribution >= 4 is 23.9 Å². The lowest BCUT2D eigenvalue weighted by Gasteiger charge is -2.24. The fourth-order valence-corrected chi connectivity index (χ4v) is 2.46. The number of ether oxygens (including phenoxy) is 2. The van der Waals surface area contributed by atoms with Gasteiger partial charge in [-0.1, -0.05) is 36.4 Å². The lowest BCUT2D eigenvalue weighted by molar-refractivity contribution is 0.0589. The highest BCUT2D eigenvalue weighted by molar-refractivity contribution is 5.87. The van der Waals surface area contributed by atoms with E-state index in [-0.39, 0.29) is 12.2 Å². The van der Waals surface area contributed by atoms with Crippen LogP contribution in [0.1, 0.15) is 45.2 Å². The number of hydrogen-bond acceptors (Lipinski definition) is 4. The summed E-state index contributed by atoms with van der Waals surface area (Å²) in [5, 5.41) is 9.26. The van der Waals surface area contributed by atoms with E-state index >= 15 is 0 Å². The predicted molar refractivity (Wildman–Crippen MR) is 118 cm³/mol. The molecule has 0 spiro atoms. The second-order valence-corrected chi connectivity index (χ2v) is 8.02. The number of amides is 1. The molecule has 2 aromatic rings. The van der Waals surface area contributed by atoms with Crippen LogP contribution in [0.15, 0.2) is 48.5 Å². The van der Waals surface area contributed by atoms with Gasteiger partial charge in [-0.3, -0.25) is 4.90 Å². The monoisotopic (exact) mass is 397 g/mol. The number of aliphatic hydroxyl groups is 1. The van der Waals surface area contributed by atoms with Gasteiger partial charge in [0, 0.05) is 19.2 Å². The van der Waals surface area contributed by atoms with Gasteiger partial charge in [-0.25, -0.2) is 4.79 Å². The highest BCUT2D eigenvalue weighted by atomic mass is 16.6. The molecule has 0 fully saturated rings. The fourth-order valence-electron chi connectivity index (χ4n) is 2.46. The van der Waals surface area contributed by atoms with Crippen molar-refractivity contribution in [1.82, 2.24) is 0 Å². The predicted octanol–water partition coefficient (Wildman–Crippen LogP) is 5.38. The Kier molecular flexibility index (Phi) is 7.85. The van der Waals surface area contributed by atoms with Gasteiger partial charge >= 0.3 is 6.09 Å². The molecule has 0 aliphatic carbocycles. The molecule has 2 rings (SSSR count). The van der Waals surface area contributed by atoms with E-state index in [0.29, 0.717) is 13.0 Å².